The number of hydrogen-bond acceptors (Lipinski definition) is 5. The molecule has 0 spiro atoms. The van der Waals surface area contributed by atoms with Crippen LogP contribution in [0.4, 0.5) is 5.82 Å². The number of nitrogens with two attached hydrogens (primary N) is 2. The van der Waals surface area contributed by atoms with Crippen molar-refractivity contribution in [3.05, 3.63) is 23.4 Å². The minimum absolute atomic E-state index is 0.331. The maximum absolute atomic E-state index is 10.8. The van der Waals surface area contributed by atoms with Gasteiger partial charge in [-0.15, -0.1) is 0 Å². The van der Waals surface area contributed by atoms with Gasteiger partial charge in [-0.05, 0) is 31.5 Å². The molecule has 6 heteroatoms. The number of anilines is 1. The lowest BCUT2D eigenvalue weighted by molar-refractivity contribution is -0.141. The monoisotopic (exact) mass is 255 g/mol. The molecule has 0 unspecified atom stereocenters. The first-order valence-corrected chi connectivity index (χ1v) is 6.30. The summed E-state index contributed by atoms with van der Waals surface area (Å²) in [4.78, 5) is 15.0. The van der Waals surface area contributed by atoms with E-state index in [0.29, 0.717) is 17.3 Å². The average Bonchev–Trinajstić information content (AvgIpc) is 2.15. The molecule has 0 amide bonds. The molecule has 1 heterocycles. The van der Waals surface area contributed by atoms with Gasteiger partial charge in [0.05, 0.1) is 5.69 Å². The lowest BCUT2D eigenvalue weighted by Gasteiger charge is -2.18. The van der Waals surface area contributed by atoms with E-state index in [9.17, 15) is 4.79 Å². The van der Waals surface area contributed by atoms with Gasteiger partial charge in [-0.2, -0.15) is 11.8 Å². The van der Waals surface area contributed by atoms with Crippen LogP contribution in [0.5, 0.6) is 0 Å². The second kappa shape index (κ2) is 5.37. The van der Waals surface area contributed by atoms with E-state index in [1.165, 1.54) is 18.7 Å². The number of aliphatic carboxylic acids is 1. The van der Waals surface area contributed by atoms with E-state index in [1.54, 1.807) is 6.07 Å². The van der Waals surface area contributed by atoms with E-state index in [4.69, 9.17) is 16.6 Å². The van der Waals surface area contributed by atoms with Crippen LogP contribution >= 0.6 is 11.8 Å². The van der Waals surface area contributed by atoms with Gasteiger partial charge < -0.3 is 16.6 Å². The molecule has 1 aromatic rings. The molecule has 0 aliphatic rings. The molecule has 0 saturated heterocycles. The van der Waals surface area contributed by atoms with E-state index in [-0.39, 0.29) is 0 Å². The molecule has 0 bridgehead atoms. The fraction of sp³-hybridized carbons (Fsp3) is 0.455. The van der Waals surface area contributed by atoms with E-state index in [1.807, 2.05) is 13.0 Å². The molecular weight excluding hydrogens is 238 g/mol. The second-order valence-electron chi connectivity index (χ2n) is 4.28. The zero-order chi connectivity index (χ0) is 13.1. The second-order valence-corrected chi connectivity index (χ2v) is 5.26. The summed E-state index contributed by atoms with van der Waals surface area (Å²) in [6.45, 7) is 3.44. The summed E-state index contributed by atoms with van der Waals surface area (Å²) in [5.74, 6) is 0.417. The van der Waals surface area contributed by atoms with Gasteiger partial charge in [0.1, 0.15) is 11.4 Å². The number of hydrogen-bond donors (Lipinski definition) is 3. The summed E-state index contributed by atoms with van der Waals surface area (Å²) in [5, 5.41) is 8.85. The fourth-order valence-corrected chi connectivity index (χ4v) is 2.28. The molecule has 0 fully saturated rings. The van der Waals surface area contributed by atoms with Crippen molar-refractivity contribution in [3.63, 3.8) is 0 Å². The van der Waals surface area contributed by atoms with Gasteiger partial charge in [0.2, 0.25) is 0 Å². The first-order valence-electron chi connectivity index (χ1n) is 5.14. The molecule has 0 saturated carbocycles. The molecule has 17 heavy (non-hydrogen) atoms. The number of thioether (sulfide) groups is 1. The normalized spacial score (nSPS) is 14.3. The number of carboxylic acids is 1. The van der Waals surface area contributed by atoms with Crippen molar-refractivity contribution in [2.24, 2.45) is 5.73 Å². The predicted molar refractivity (Wildman–Crippen MR) is 69.8 cm³/mol. The SMILES string of the molecule is Cc1cc(N)nc(CSC[C@](C)(N)C(=O)O)c1. The van der Waals surface area contributed by atoms with Crippen LogP contribution in [0.1, 0.15) is 18.2 Å². The molecular formula is C11H17N3O2S. The third-order valence-corrected chi connectivity index (χ3v) is 3.49. The Balaban J connectivity index is 2.54. The molecule has 0 aliphatic carbocycles. The van der Waals surface area contributed by atoms with Crippen LogP contribution in [0, 0.1) is 6.92 Å². The van der Waals surface area contributed by atoms with E-state index in [2.05, 4.69) is 4.98 Å². The van der Waals surface area contributed by atoms with Crippen molar-refractivity contribution in [3.8, 4) is 0 Å². The Morgan fingerprint density at radius 2 is 2.24 bits per heavy atom. The first-order chi connectivity index (χ1) is 7.81. The summed E-state index contributed by atoms with van der Waals surface area (Å²) < 4.78 is 0. The molecule has 1 rings (SSSR count). The van der Waals surface area contributed by atoms with Gasteiger partial charge in [-0.3, -0.25) is 4.79 Å². The van der Waals surface area contributed by atoms with Gasteiger partial charge in [-0.25, -0.2) is 4.98 Å². The summed E-state index contributed by atoms with van der Waals surface area (Å²) >= 11 is 1.44. The third kappa shape index (κ3) is 4.24. The average molecular weight is 255 g/mol. The molecule has 0 radical (unpaired) electrons. The van der Waals surface area contributed by atoms with E-state index >= 15 is 0 Å². The van der Waals surface area contributed by atoms with Gasteiger partial charge in [-0.1, -0.05) is 0 Å². The maximum atomic E-state index is 10.8. The Hall–Kier alpha value is -1.27. The molecule has 1 atom stereocenters. The quantitative estimate of drug-likeness (QED) is 0.725. The zero-order valence-electron chi connectivity index (χ0n) is 9.93. The van der Waals surface area contributed by atoms with Crippen molar-refractivity contribution in [1.29, 1.82) is 0 Å². The number of nitrogens with zero attached hydrogens (tertiary/aromatic N) is 1. The number of pyridine rings is 1. The van der Waals surface area contributed by atoms with Crippen LogP contribution in [0.2, 0.25) is 0 Å². The molecule has 1 aromatic heterocycles. The van der Waals surface area contributed by atoms with Gasteiger partial charge in [0.25, 0.3) is 0 Å². The number of aryl methyl sites for hydroxylation is 1. The number of nitrogen functional groups attached to an aromatic ring is 1. The number of carboxylic acid groups (broad SMARTS) is 1. The van der Waals surface area contributed by atoms with Gasteiger partial charge in [0, 0.05) is 11.5 Å². The van der Waals surface area contributed by atoms with Crippen LogP contribution < -0.4 is 11.5 Å². The Morgan fingerprint density at radius 3 is 2.76 bits per heavy atom. The fourth-order valence-electron chi connectivity index (χ4n) is 1.27. The number of aromatic nitrogens is 1. The molecule has 0 aromatic carbocycles. The highest BCUT2D eigenvalue weighted by Crippen LogP contribution is 2.17. The van der Waals surface area contributed by atoms with Crippen LogP contribution in [0.15, 0.2) is 12.1 Å². The summed E-state index contributed by atoms with van der Waals surface area (Å²) in [7, 11) is 0. The van der Waals surface area contributed by atoms with Crippen LogP contribution in [0.3, 0.4) is 0 Å². The van der Waals surface area contributed by atoms with Crippen LogP contribution in [0.25, 0.3) is 0 Å². The van der Waals surface area contributed by atoms with Crippen LogP contribution in [-0.2, 0) is 10.5 Å². The Morgan fingerprint density at radius 1 is 1.59 bits per heavy atom. The lowest BCUT2D eigenvalue weighted by Crippen LogP contribution is -2.47. The Labute approximate surface area is 105 Å². The highest BCUT2D eigenvalue weighted by Gasteiger charge is 2.27. The third-order valence-electron chi connectivity index (χ3n) is 2.18. The highest BCUT2D eigenvalue weighted by molar-refractivity contribution is 7.98. The molecule has 94 valence electrons. The largest absolute Gasteiger partial charge is 0.480 e. The van der Waals surface area contributed by atoms with E-state index < -0.39 is 11.5 Å². The minimum atomic E-state index is -1.21. The van der Waals surface area contributed by atoms with Gasteiger partial charge in [0.15, 0.2) is 0 Å². The van der Waals surface area contributed by atoms with Crippen molar-refractivity contribution < 1.29 is 9.90 Å². The van der Waals surface area contributed by atoms with Crippen molar-refractivity contribution in [2.75, 3.05) is 11.5 Å². The minimum Gasteiger partial charge on any atom is -0.480 e. The standard InChI is InChI=1S/C11H17N3O2S/c1-7-3-8(14-9(12)4-7)5-17-6-11(2,13)10(15)16/h3-4H,5-6,13H2,1-2H3,(H2,12,14)(H,15,16)/t11-/m0/s1. The summed E-state index contributed by atoms with van der Waals surface area (Å²) in [5.41, 5.74) is 11.9. The van der Waals surface area contributed by atoms with E-state index in [0.717, 1.165) is 11.3 Å². The Kier molecular flexibility index (Phi) is 4.36. The smallest absolute Gasteiger partial charge is 0.324 e. The summed E-state index contributed by atoms with van der Waals surface area (Å²) in [6.07, 6.45) is 0. The molecule has 5 N–H and O–H groups in total. The number of rotatable bonds is 5. The first kappa shape index (κ1) is 13.8. The molecule has 0 aliphatic heterocycles. The lowest BCUT2D eigenvalue weighted by atomic mass is 10.1. The predicted octanol–water partition coefficient (Wildman–Crippen LogP) is 1.01. The highest BCUT2D eigenvalue weighted by atomic mass is 32.2. The summed E-state index contributed by atoms with van der Waals surface area (Å²) in [6, 6.07) is 3.72. The molecule has 5 nitrogen and oxygen atoms in total. The zero-order valence-corrected chi connectivity index (χ0v) is 10.8. The van der Waals surface area contributed by atoms with Crippen molar-refractivity contribution in [2.45, 2.75) is 25.1 Å². The van der Waals surface area contributed by atoms with Crippen LogP contribution in [-0.4, -0.2) is 27.4 Å². The van der Waals surface area contributed by atoms with Crippen molar-refractivity contribution >= 4 is 23.5 Å². The Bertz CT molecular complexity index is 401. The van der Waals surface area contributed by atoms with Crippen molar-refractivity contribution in [1.82, 2.24) is 4.98 Å². The topological polar surface area (TPSA) is 102 Å². The maximum Gasteiger partial charge on any atom is 0.324 e. The van der Waals surface area contributed by atoms with Gasteiger partial charge >= 0.3 is 5.97 Å². The number of carbonyl (C=O) groups is 1.